The van der Waals surface area contributed by atoms with Crippen LogP contribution in [0.25, 0.3) is 27.8 Å². The second-order valence-corrected chi connectivity index (χ2v) is 14.2. The number of allylic oxidation sites excluding steroid dienone is 4. The highest BCUT2D eigenvalue weighted by molar-refractivity contribution is 5.74. The molecule has 0 aliphatic heterocycles. The van der Waals surface area contributed by atoms with Crippen molar-refractivity contribution in [1.82, 2.24) is 0 Å². The van der Waals surface area contributed by atoms with Crippen LogP contribution in [0.2, 0.25) is 0 Å². The van der Waals surface area contributed by atoms with Gasteiger partial charge in [0.15, 0.2) is 11.6 Å². The number of halogens is 3. The maximum absolute atomic E-state index is 15.5. The van der Waals surface area contributed by atoms with Crippen molar-refractivity contribution < 1.29 is 13.2 Å². The van der Waals surface area contributed by atoms with Crippen LogP contribution in [0.3, 0.4) is 0 Å². The quantitative estimate of drug-likeness (QED) is 0.115. The first-order valence-corrected chi connectivity index (χ1v) is 18.7. The van der Waals surface area contributed by atoms with E-state index in [0.717, 1.165) is 61.0 Å². The third-order valence-corrected chi connectivity index (χ3v) is 11.0. The molecule has 1 atom stereocenters. The minimum absolute atomic E-state index is 0.244. The molecule has 0 amide bonds. The number of aryl methyl sites for hydroxylation is 1. The Hall–Kier alpha value is -3.07. The maximum atomic E-state index is 15.5. The molecule has 1 saturated carbocycles. The van der Waals surface area contributed by atoms with Crippen LogP contribution in [0.15, 0.2) is 72.8 Å². The highest BCUT2D eigenvalue weighted by Gasteiger charge is 2.28. The summed E-state index contributed by atoms with van der Waals surface area (Å²) in [6.45, 7) is 4.31. The Kier molecular flexibility index (Phi) is 13.4. The van der Waals surface area contributed by atoms with E-state index in [9.17, 15) is 4.39 Å². The summed E-state index contributed by atoms with van der Waals surface area (Å²) >= 11 is 0. The maximum Gasteiger partial charge on any atom is 0.166 e. The number of unbranched alkanes of at least 4 members (excludes halogenated alkanes) is 6. The van der Waals surface area contributed by atoms with Gasteiger partial charge in [-0.05, 0) is 116 Å². The van der Waals surface area contributed by atoms with E-state index >= 15 is 8.78 Å². The van der Waals surface area contributed by atoms with Gasteiger partial charge in [-0.3, -0.25) is 0 Å². The molecular weight excluding hydrogens is 585 g/mol. The van der Waals surface area contributed by atoms with Crippen molar-refractivity contribution in [3.05, 3.63) is 101 Å². The van der Waals surface area contributed by atoms with Crippen molar-refractivity contribution >= 4 is 5.57 Å². The molecule has 1 fully saturated rings. The third-order valence-electron chi connectivity index (χ3n) is 11.0. The minimum atomic E-state index is -0.801. The molecule has 5 rings (SSSR count). The van der Waals surface area contributed by atoms with Crippen LogP contribution in [0, 0.1) is 35.2 Å². The van der Waals surface area contributed by atoms with Crippen LogP contribution in [0.5, 0.6) is 0 Å². The van der Waals surface area contributed by atoms with Gasteiger partial charge in [-0.25, -0.2) is 13.2 Å². The number of hydrogen-bond acceptors (Lipinski definition) is 0. The Balaban J connectivity index is 1.15. The summed E-state index contributed by atoms with van der Waals surface area (Å²) in [4.78, 5) is 0. The fraction of sp³-hybridized carbons (Fsp3) is 0.500. The first kappa shape index (κ1) is 35.2. The zero-order valence-electron chi connectivity index (χ0n) is 28.8. The molecule has 47 heavy (non-hydrogen) atoms. The van der Waals surface area contributed by atoms with E-state index < -0.39 is 11.6 Å². The summed E-state index contributed by atoms with van der Waals surface area (Å²) in [6, 6.07) is 16.1. The van der Waals surface area contributed by atoms with Crippen molar-refractivity contribution in [3.8, 4) is 22.3 Å². The molecule has 0 heterocycles. The minimum Gasteiger partial charge on any atom is -0.206 e. The molecule has 2 aliphatic rings. The number of rotatable bonds is 15. The molecule has 0 radical (unpaired) electrons. The zero-order chi connectivity index (χ0) is 33.0. The molecule has 3 aromatic carbocycles. The van der Waals surface area contributed by atoms with Gasteiger partial charge in [0.1, 0.15) is 5.82 Å². The molecule has 2 aliphatic carbocycles. The van der Waals surface area contributed by atoms with Gasteiger partial charge in [0.05, 0.1) is 0 Å². The molecule has 0 N–H and O–H groups in total. The van der Waals surface area contributed by atoms with E-state index in [1.807, 2.05) is 12.1 Å². The molecule has 3 heteroatoms. The Bertz CT molecular complexity index is 1470. The van der Waals surface area contributed by atoms with E-state index in [1.54, 1.807) is 42.5 Å². The van der Waals surface area contributed by atoms with Crippen LogP contribution in [0.4, 0.5) is 13.2 Å². The molecular formula is C44H55F3. The lowest BCUT2D eigenvalue weighted by Crippen LogP contribution is -2.23. The first-order chi connectivity index (χ1) is 23.0. The molecule has 252 valence electrons. The van der Waals surface area contributed by atoms with E-state index in [2.05, 4.69) is 32.1 Å². The molecule has 0 saturated heterocycles. The van der Waals surface area contributed by atoms with Gasteiger partial charge in [-0.15, -0.1) is 0 Å². The fourth-order valence-electron chi connectivity index (χ4n) is 8.05. The Morgan fingerprint density at radius 2 is 1.34 bits per heavy atom. The Morgan fingerprint density at radius 3 is 2.00 bits per heavy atom. The number of hydrogen-bond donors (Lipinski definition) is 0. The average molecular weight is 641 g/mol. The van der Waals surface area contributed by atoms with Crippen molar-refractivity contribution in [2.45, 2.75) is 123 Å². The van der Waals surface area contributed by atoms with E-state index in [1.165, 1.54) is 76.2 Å². The lowest BCUT2D eigenvalue weighted by Gasteiger charge is -2.35. The molecule has 3 aromatic rings. The van der Waals surface area contributed by atoms with Gasteiger partial charge >= 0.3 is 0 Å². The van der Waals surface area contributed by atoms with Crippen molar-refractivity contribution in [3.63, 3.8) is 0 Å². The SMILES string of the molecule is CC=CCCC1CCC(C2CC=C(c3ccc(-c4ccc(-c5ccc(CCCCCCCCC)c(F)c5F)cc4)c(F)c3)CC2)CC1. The Labute approximate surface area is 282 Å². The second kappa shape index (κ2) is 17.9. The van der Waals surface area contributed by atoms with E-state index in [0.29, 0.717) is 23.1 Å². The molecule has 0 bridgehead atoms. The zero-order valence-corrected chi connectivity index (χ0v) is 28.8. The fourth-order valence-corrected chi connectivity index (χ4v) is 8.05. The largest absolute Gasteiger partial charge is 0.206 e. The van der Waals surface area contributed by atoms with Gasteiger partial charge in [-0.1, -0.05) is 125 Å². The monoisotopic (exact) mass is 640 g/mol. The van der Waals surface area contributed by atoms with Crippen LogP contribution >= 0.6 is 0 Å². The summed E-state index contributed by atoms with van der Waals surface area (Å²) in [5.41, 5.74) is 4.77. The lowest BCUT2D eigenvalue weighted by atomic mass is 9.70. The van der Waals surface area contributed by atoms with Gasteiger partial charge in [0, 0.05) is 11.1 Å². The highest BCUT2D eigenvalue weighted by atomic mass is 19.2. The molecule has 0 aromatic heterocycles. The Morgan fingerprint density at radius 1 is 0.681 bits per heavy atom. The van der Waals surface area contributed by atoms with Crippen molar-refractivity contribution in [1.29, 1.82) is 0 Å². The van der Waals surface area contributed by atoms with Gasteiger partial charge in [0.2, 0.25) is 0 Å². The second-order valence-electron chi connectivity index (χ2n) is 14.2. The third kappa shape index (κ3) is 9.52. The topological polar surface area (TPSA) is 0 Å². The molecule has 0 spiro atoms. The van der Waals surface area contributed by atoms with Gasteiger partial charge < -0.3 is 0 Å². The van der Waals surface area contributed by atoms with Crippen LogP contribution in [0.1, 0.15) is 128 Å². The highest BCUT2D eigenvalue weighted by Crippen LogP contribution is 2.42. The summed E-state index contributed by atoms with van der Waals surface area (Å²) in [5, 5.41) is 0. The standard InChI is InChI=1S/C44H55F3/c1-3-5-7-8-9-10-12-14-38-27-30-41(44(47)43(38)46)37-25-23-36(24-26-37)40-29-28-39(31-42(40)45)35-21-19-34(20-22-35)33-17-15-32(16-18-33)13-11-6-4-2/h4,6,21,23-34H,3,5,7-20,22H2,1-2H3. The molecule has 1 unspecified atom stereocenters. The summed E-state index contributed by atoms with van der Waals surface area (Å²) in [5.74, 6) is 0.703. The molecule has 0 nitrogen and oxygen atoms in total. The first-order valence-electron chi connectivity index (χ1n) is 18.7. The van der Waals surface area contributed by atoms with Crippen LogP contribution in [-0.4, -0.2) is 0 Å². The normalized spacial score (nSPS) is 20.1. The summed E-state index contributed by atoms with van der Waals surface area (Å²) in [6.07, 6.45) is 26.8. The van der Waals surface area contributed by atoms with Crippen molar-refractivity contribution in [2.75, 3.05) is 0 Å². The average Bonchev–Trinajstić information content (AvgIpc) is 3.10. The van der Waals surface area contributed by atoms with Gasteiger partial charge in [0.25, 0.3) is 0 Å². The van der Waals surface area contributed by atoms with Crippen LogP contribution in [-0.2, 0) is 6.42 Å². The van der Waals surface area contributed by atoms with E-state index in [4.69, 9.17) is 0 Å². The number of benzene rings is 3. The predicted molar refractivity (Wildman–Crippen MR) is 194 cm³/mol. The summed E-state index contributed by atoms with van der Waals surface area (Å²) < 4.78 is 45.5. The lowest BCUT2D eigenvalue weighted by molar-refractivity contribution is 0.190. The summed E-state index contributed by atoms with van der Waals surface area (Å²) in [7, 11) is 0. The van der Waals surface area contributed by atoms with Crippen molar-refractivity contribution in [2.24, 2.45) is 17.8 Å². The predicted octanol–water partition coefficient (Wildman–Crippen LogP) is 14.1. The van der Waals surface area contributed by atoms with Crippen LogP contribution < -0.4 is 0 Å². The van der Waals surface area contributed by atoms with E-state index in [-0.39, 0.29) is 11.4 Å². The van der Waals surface area contributed by atoms with Gasteiger partial charge in [-0.2, -0.15) is 0 Å². The smallest absolute Gasteiger partial charge is 0.166 e.